The highest BCUT2D eigenvalue weighted by Gasteiger charge is 2.38. The van der Waals surface area contributed by atoms with Crippen molar-refractivity contribution in [2.75, 3.05) is 6.61 Å². The Hall–Kier alpha value is -2.01. The maximum absolute atomic E-state index is 11.0. The summed E-state index contributed by atoms with van der Waals surface area (Å²) in [5.41, 5.74) is 1.97. The van der Waals surface area contributed by atoms with Gasteiger partial charge in [-0.15, -0.1) is 0 Å². The molecule has 0 heterocycles. The molecule has 0 aromatic heterocycles. The molecule has 0 bridgehead atoms. The quantitative estimate of drug-likeness (QED) is 0.683. The fourth-order valence-corrected chi connectivity index (χ4v) is 3.04. The standard InChI is InChI=1S/C20H21BrO4/c1-20(6-7-20)13-25-17-9-14(8-16(21)11-17)12-24-18-5-3-2-4-15(18)10-19(22)23/h2-5,8-9,11H,6-7,10,12-13H2,1H3,(H,22,23). The Morgan fingerprint density at radius 3 is 2.68 bits per heavy atom. The normalized spacial score (nSPS) is 14.8. The second-order valence-electron chi connectivity index (χ2n) is 6.86. The van der Waals surface area contributed by atoms with Gasteiger partial charge in [-0.2, -0.15) is 0 Å². The van der Waals surface area contributed by atoms with Crippen molar-refractivity contribution in [3.8, 4) is 11.5 Å². The van der Waals surface area contributed by atoms with E-state index in [1.165, 1.54) is 12.8 Å². The van der Waals surface area contributed by atoms with E-state index < -0.39 is 5.97 Å². The van der Waals surface area contributed by atoms with Gasteiger partial charge in [-0.3, -0.25) is 4.79 Å². The molecule has 0 radical (unpaired) electrons. The van der Waals surface area contributed by atoms with E-state index in [0.29, 0.717) is 23.3 Å². The number of benzene rings is 2. The van der Waals surface area contributed by atoms with Gasteiger partial charge in [-0.05, 0) is 42.7 Å². The largest absolute Gasteiger partial charge is 0.493 e. The van der Waals surface area contributed by atoms with Crippen LogP contribution in [0.1, 0.15) is 30.9 Å². The summed E-state index contributed by atoms with van der Waals surface area (Å²) in [4.78, 5) is 11.0. The molecule has 0 amide bonds. The molecular formula is C20H21BrO4. The molecule has 1 aliphatic carbocycles. The topological polar surface area (TPSA) is 55.8 Å². The molecule has 1 saturated carbocycles. The summed E-state index contributed by atoms with van der Waals surface area (Å²) >= 11 is 3.51. The fraction of sp³-hybridized carbons (Fsp3) is 0.350. The third-order valence-corrected chi connectivity index (χ3v) is 4.79. The molecule has 5 heteroatoms. The summed E-state index contributed by atoms with van der Waals surface area (Å²) in [6.45, 7) is 3.31. The van der Waals surface area contributed by atoms with Crippen LogP contribution in [0.25, 0.3) is 0 Å². The van der Waals surface area contributed by atoms with Gasteiger partial charge in [-0.1, -0.05) is 41.1 Å². The molecule has 0 spiro atoms. The number of halogens is 1. The van der Waals surface area contributed by atoms with Crippen LogP contribution in [-0.2, 0) is 17.8 Å². The van der Waals surface area contributed by atoms with E-state index in [4.69, 9.17) is 14.6 Å². The minimum Gasteiger partial charge on any atom is -0.493 e. The van der Waals surface area contributed by atoms with Gasteiger partial charge >= 0.3 is 5.97 Å². The highest BCUT2D eigenvalue weighted by molar-refractivity contribution is 9.10. The van der Waals surface area contributed by atoms with Crippen molar-refractivity contribution in [3.05, 3.63) is 58.1 Å². The third kappa shape index (κ3) is 5.23. The molecule has 3 rings (SSSR count). The maximum atomic E-state index is 11.0. The Balaban J connectivity index is 1.66. The van der Waals surface area contributed by atoms with Crippen LogP contribution >= 0.6 is 15.9 Å². The van der Waals surface area contributed by atoms with E-state index in [2.05, 4.69) is 22.9 Å². The Labute approximate surface area is 155 Å². The predicted octanol–water partition coefficient (Wildman–Crippen LogP) is 4.83. The van der Waals surface area contributed by atoms with Gasteiger partial charge in [0.05, 0.1) is 13.0 Å². The Morgan fingerprint density at radius 1 is 1.20 bits per heavy atom. The number of aliphatic carboxylic acids is 1. The molecule has 2 aromatic rings. The van der Waals surface area contributed by atoms with Gasteiger partial charge in [0.15, 0.2) is 0 Å². The highest BCUT2D eigenvalue weighted by Crippen LogP contribution is 2.45. The molecule has 1 aliphatic rings. The summed E-state index contributed by atoms with van der Waals surface area (Å²) in [6.07, 6.45) is 2.39. The SMILES string of the molecule is CC1(COc2cc(Br)cc(COc3ccccc3CC(=O)O)c2)CC1. The van der Waals surface area contributed by atoms with Crippen LogP contribution in [0.3, 0.4) is 0 Å². The number of para-hydroxylation sites is 1. The second-order valence-corrected chi connectivity index (χ2v) is 7.78. The lowest BCUT2D eigenvalue weighted by Crippen LogP contribution is -2.09. The number of rotatable bonds is 8. The van der Waals surface area contributed by atoms with Crippen molar-refractivity contribution < 1.29 is 19.4 Å². The first-order valence-corrected chi connectivity index (χ1v) is 9.08. The lowest BCUT2D eigenvalue weighted by molar-refractivity contribution is -0.136. The Morgan fingerprint density at radius 2 is 1.96 bits per heavy atom. The Bertz CT molecular complexity index is 768. The van der Waals surface area contributed by atoms with Crippen molar-refractivity contribution >= 4 is 21.9 Å². The first-order valence-electron chi connectivity index (χ1n) is 8.28. The van der Waals surface area contributed by atoms with Crippen LogP contribution in [0.5, 0.6) is 11.5 Å². The summed E-state index contributed by atoms with van der Waals surface area (Å²) in [6, 6.07) is 13.1. The van der Waals surface area contributed by atoms with Crippen molar-refractivity contribution in [2.45, 2.75) is 32.8 Å². The number of carbonyl (C=O) groups is 1. The molecule has 0 atom stereocenters. The Kier molecular flexibility index (Phi) is 5.33. The molecule has 1 fully saturated rings. The lowest BCUT2D eigenvalue weighted by Gasteiger charge is -2.14. The van der Waals surface area contributed by atoms with Gasteiger partial charge in [0.2, 0.25) is 0 Å². The van der Waals surface area contributed by atoms with E-state index in [1.54, 1.807) is 12.1 Å². The second kappa shape index (κ2) is 7.48. The molecular weight excluding hydrogens is 384 g/mol. The van der Waals surface area contributed by atoms with E-state index in [9.17, 15) is 4.79 Å². The van der Waals surface area contributed by atoms with E-state index >= 15 is 0 Å². The van der Waals surface area contributed by atoms with Crippen molar-refractivity contribution in [2.24, 2.45) is 5.41 Å². The molecule has 132 valence electrons. The summed E-state index contributed by atoms with van der Waals surface area (Å²) < 4.78 is 12.7. The fourth-order valence-electron chi connectivity index (χ4n) is 2.52. The number of ether oxygens (including phenoxy) is 2. The van der Waals surface area contributed by atoms with Crippen LogP contribution in [0.2, 0.25) is 0 Å². The lowest BCUT2D eigenvalue weighted by atomic mass is 10.1. The van der Waals surface area contributed by atoms with Crippen molar-refractivity contribution in [1.29, 1.82) is 0 Å². The number of hydrogen-bond donors (Lipinski definition) is 1. The highest BCUT2D eigenvalue weighted by atomic mass is 79.9. The van der Waals surface area contributed by atoms with Crippen LogP contribution in [0.4, 0.5) is 0 Å². The molecule has 0 aliphatic heterocycles. The van der Waals surface area contributed by atoms with Crippen LogP contribution in [0.15, 0.2) is 46.9 Å². The molecule has 2 aromatic carbocycles. The summed E-state index contributed by atoms with van der Waals surface area (Å²) in [5.74, 6) is 0.542. The van der Waals surface area contributed by atoms with E-state index in [-0.39, 0.29) is 6.42 Å². The van der Waals surface area contributed by atoms with E-state index in [0.717, 1.165) is 22.4 Å². The number of carboxylic acids is 1. The molecule has 4 nitrogen and oxygen atoms in total. The van der Waals surface area contributed by atoms with Crippen LogP contribution in [0, 0.1) is 5.41 Å². The van der Waals surface area contributed by atoms with Crippen molar-refractivity contribution in [3.63, 3.8) is 0 Å². The van der Waals surface area contributed by atoms with Gasteiger partial charge in [0.1, 0.15) is 18.1 Å². The van der Waals surface area contributed by atoms with Gasteiger partial charge in [0.25, 0.3) is 0 Å². The third-order valence-electron chi connectivity index (χ3n) is 4.33. The first kappa shape index (κ1) is 17.8. The van der Waals surface area contributed by atoms with E-state index in [1.807, 2.05) is 30.3 Å². The number of hydrogen-bond acceptors (Lipinski definition) is 3. The predicted molar refractivity (Wildman–Crippen MR) is 99.1 cm³/mol. The molecule has 25 heavy (non-hydrogen) atoms. The zero-order chi connectivity index (χ0) is 17.9. The molecule has 0 unspecified atom stereocenters. The average molecular weight is 405 g/mol. The zero-order valence-electron chi connectivity index (χ0n) is 14.1. The first-order chi connectivity index (χ1) is 11.9. The monoisotopic (exact) mass is 404 g/mol. The average Bonchev–Trinajstić information content (AvgIpc) is 3.29. The summed E-state index contributed by atoms with van der Waals surface area (Å²) in [7, 11) is 0. The van der Waals surface area contributed by atoms with Gasteiger partial charge < -0.3 is 14.6 Å². The number of carboxylic acid groups (broad SMARTS) is 1. The summed E-state index contributed by atoms with van der Waals surface area (Å²) in [5, 5.41) is 9.00. The van der Waals surface area contributed by atoms with Crippen LogP contribution in [-0.4, -0.2) is 17.7 Å². The zero-order valence-corrected chi connectivity index (χ0v) is 15.7. The minimum absolute atomic E-state index is 0.0540. The molecule has 1 N–H and O–H groups in total. The maximum Gasteiger partial charge on any atom is 0.307 e. The van der Waals surface area contributed by atoms with Crippen LogP contribution < -0.4 is 9.47 Å². The van der Waals surface area contributed by atoms with Gasteiger partial charge in [0, 0.05) is 15.5 Å². The van der Waals surface area contributed by atoms with Crippen molar-refractivity contribution in [1.82, 2.24) is 0 Å². The minimum atomic E-state index is -0.872. The smallest absolute Gasteiger partial charge is 0.307 e. The molecule has 0 saturated heterocycles. The van der Waals surface area contributed by atoms with Gasteiger partial charge in [-0.25, -0.2) is 0 Å².